The number of rotatable bonds is 3. The fourth-order valence-corrected chi connectivity index (χ4v) is 4.76. The number of benzene rings is 2. The van der Waals surface area contributed by atoms with Crippen LogP contribution in [0, 0.1) is 11.8 Å². The highest BCUT2D eigenvalue weighted by Crippen LogP contribution is 2.58. The molecule has 0 spiro atoms. The molecule has 4 aliphatic rings. The quantitative estimate of drug-likeness (QED) is 0.824. The van der Waals surface area contributed by atoms with Crippen LogP contribution in [0.25, 0.3) is 11.6 Å². The molecular formula is C24H21N. The van der Waals surface area contributed by atoms with Crippen LogP contribution in [0.15, 0.2) is 78.5 Å². The lowest BCUT2D eigenvalue weighted by Gasteiger charge is -2.24. The zero-order valence-electron chi connectivity index (χ0n) is 14.2. The third-order valence-corrected chi connectivity index (χ3v) is 6.38. The first kappa shape index (κ1) is 13.7. The summed E-state index contributed by atoms with van der Waals surface area (Å²) in [5.74, 6) is 2.10. The van der Waals surface area contributed by atoms with Crippen LogP contribution in [-0.4, -0.2) is 5.54 Å². The molecule has 122 valence electrons. The van der Waals surface area contributed by atoms with Crippen molar-refractivity contribution in [3.63, 3.8) is 0 Å². The molecule has 1 nitrogen and oxygen atoms in total. The monoisotopic (exact) mass is 323 g/mol. The van der Waals surface area contributed by atoms with E-state index in [1.54, 1.807) is 5.56 Å². The lowest BCUT2D eigenvalue weighted by Crippen LogP contribution is -2.33. The molecule has 0 aromatic heterocycles. The van der Waals surface area contributed by atoms with Crippen molar-refractivity contribution < 1.29 is 0 Å². The van der Waals surface area contributed by atoms with E-state index in [2.05, 4.69) is 84.2 Å². The Morgan fingerprint density at radius 3 is 2.64 bits per heavy atom. The van der Waals surface area contributed by atoms with Gasteiger partial charge in [0.2, 0.25) is 0 Å². The Bertz CT molecular complexity index is 949. The highest BCUT2D eigenvalue weighted by atomic mass is 15.1. The van der Waals surface area contributed by atoms with E-state index < -0.39 is 0 Å². The summed E-state index contributed by atoms with van der Waals surface area (Å²) in [6.07, 6.45) is 12.1. The number of hydrogen-bond donors (Lipinski definition) is 1. The van der Waals surface area contributed by atoms with Gasteiger partial charge in [-0.05, 0) is 47.1 Å². The van der Waals surface area contributed by atoms with Crippen molar-refractivity contribution in [1.82, 2.24) is 5.32 Å². The summed E-state index contributed by atoms with van der Waals surface area (Å²) in [5, 5.41) is 3.94. The molecule has 4 atom stereocenters. The summed E-state index contributed by atoms with van der Waals surface area (Å²) >= 11 is 0. The van der Waals surface area contributed by atoms with E-state index in [1.807, 2.05) is 0 Å². The lowest BCUT2D eigenvalue weighted by atomic mass is 9.93. The van der Waals surface area contributed by atoms with E-state index in [0.717, 1.165) is 11.8 Å². The van der Waals surface area contributed by atoms with Crippen LogP contribution in [0.2, 0.25) is 0 Å². The van der Waals surface area contributed by atoms with Crippen molar-refractivity contribution in [3.8, 4) is 0 Å². The normalized spacial score (nSPS) is 33.4. The molecule has 25 heavy (non-hydrogen) atoms. The molecule has 2 aromatic rings. The molecule has 2 saturated carbocycles. The van der Waals surface area contributed by atoms with E-state index in [9.17, 15) is 0 Å². The molecule has 1 N–H and O–H groups in total. The Hall–Kier alpha value is -2.54. The fourth-order valence-electron chi connectivity index (χ4n) is 4.76. The van der Waals surface area contributed by atoms with E-state index in [4.69, 9.17) is 0 Å². The van der Waals surface area contributed by atoms with Crippen molar-refractivity contribution >= 4 is 11.6 Å². The third-order valence-electron chi connectivity index (χ3n) is 6.38. The van der Waals surface area contributed by atoms with Crippen molar-refractivity contribution in [3.05, 3.63) is 95.2 Å². The van der Waals surface area contributed by atoms with Gasteiger partial charge in [0.15, 0.2) is 0 Å². The van der Waals surface area contributed by atoms with Gasteiger partial charge in [-0.25, -0.2) is 0 Å². The number of fused-ring (bicyclic) bond motifs is 4. The summed E-state index contributed by atoms with van der Waals surface area (Å²) in [7, 11) is 0. The van der Waals surface area contributed by atoms with E-state index in [-0.39, 0.29) is 5.54 Å². The zero-order valence-corrected chi connectivity index (χ0v) is 14.2. The van der Waals surface area contributed by atoms with Crippen molar-refractivity contribution in [2.45, 2.75) is 24.3 Å². The van der Waals surface area contributed by atoms with Gasteiger partial charge in [0.05, 0.1) is 5.54 Å². The minimum Gasteiger partial charge on any atom is -0.379 e. The average Bonchev–Trinajstić information content (AvgIpc) is 3.56. The van der Waals surface area contributed by atoms with Crippen LogP contribution in [0.1, 0.15) is 35.4 Å². The smallest absolute Gasteiger partial charge is 0.0626 e. The van der Waals surface area contributed by atoms with Gasteiger partial charge in [0.1, 0.15) is 0 Å². The predicted octanol–water partition coefficient (Wildman–Crippen LogP) is 5.15. The molecule has 0 saturated heterocycles. The first-order chi connectivity index (χ1) is 12.3. The van der Waals surface area contributed by atoms with Crippen molar-refractivity contribution in [2.24, 2.45) is 11.8 Å². The molecule has 4 aliphatic carbocycles. The second-order valence-electron chi connectivity index (χ2n) is 7.97. The summed E-state index contributed by atoms with van der Waals surface area (Å²) in [6, 6.07) is 19.6. The number of allylic oxidation sites excluding steroid dienone is 3. The maximum Gasteiger partial charge on any atom is 0.0626 e. The number of hydrogen-bond acceptors (Lipinski definition) is 1. The molecule has 0 heterocycles. The summed E-state index contributed by atoms with van der Waals surface area (Å²) < 4.78 is 0. The van der Waals surface area contributed by atoms with Crippen LogP contribution in [0.4, 0.5) is 0 Å². The van der Waals surface area contributed by atoms with Gasteiger partial charge >= 0.3 is 0 Å². The lowest BCUT2D eigenvalue weighted by molar-refractivity contribution is 0.605. The zero-order chi connectivity index (χ0) is 16.4. The number of nitrogens with one attached hydrogen (secondary N) is 1. The molecule has 0 aliphatic heterocycles. The average molecular weight is 323 g/mol. The van der Waals surface area contributed by atoms with Crippen LogP contribution in [0.3, 0.4) is 0 Å². The molecule has 2 fully saturated rings. The van der Waals surface area contributed by atoms with Gasteiger partial charge in [-0.1, -0.05) is 72.8 Å². The van der Waals surface area contributed by atoms with E-state index in [1.165, 1.54) is 35.2 Å². The first-order valence-corrected chi connectivity index (χ1v) is 9.38. The van der Waals surface area contributed by atoms with Crippen molar-refractivity contribution in [1.29, 1.82) is 0 Å². The van der Waals surface area contributed by atoms with Gasteiger partial charge in [0, 0.05) is 17.5 Å². The molecule has 2 aromatic carbocycles. The fraction of sp³-hybridized carbons (Fsp3) is 0.250. The Kier molecular flexibility index (Phi) is 2.61. The van der Waals surface area contributed by atoms with Gasteiger partial charge in [0.25, 0.3) is 0 Å². The van der Waals surface area contributed by atoms with Gasteiger partial charge < -0.3 is 5.32 Å². The van der Waals surface area contributed by atoms with Gasteiger partial charge in [-0.2, -0.15) is 0 Å². The van der Waals surface area contributed by atoms with E-state index in [0.29, 0.717) is 5.92 Å². The molecule has 0 amide bonds. The predicted molar refractivity (Wildman–Crippen MR) is 103 cm³/mol. The van der Waals surface area contributed by atoms with Crippen LogP contribution < -0.4 is 5.32 Å². The Labute approximate surface area is 148 Å². The molecule has 0 bridgehead atoms. The summed E-state index contributed by atoms with van der Waals surface area (Å²) in [5.41, 5.74) is 7.29. The SMILES string of the molecule is C1=CC2(NC3=Cc4ccccc4C4CC34)CC2C=C1c1ccccc1. The molecule has 1 heteroatoms. The molecule has 0 radical (unpaired) electrons. The highest BCUT2D eigenvalue weighted by molar-refractivity contribution is 5.77. The minimum atomic E-state index is 0.170. The molecule has 4 unspecified atom stereocenters. The third kappa shape index (κ3) is 2.08. The molecular weight excluding hydrogens is 302 g/mol. The Morgan fingerprint density at radius 1 is 0.920 bits per heavy atom. The maximum absolute atomic E-state index is 3.94. The van der Waals surface area contributed by atoms with E-state index >= 15 is 0 Å². The topological polar surface area (TPSA) is 12.0 Å². The summed E-state index contributed by atoms with van der Waals surface area (Å²) in [6.45, 7) is 0. The van der Waals surface area contributed by atoms with Crippen molar-refractivity contribution in [2.75, 3.05) is 0 Å². The Morgan fingerprint density at radius 2 is 1.76 bits per heavy atom. The van der Waals surface area contributed by atoms with Crippen LogP contribution in [-0.2, 0) is 0 Å². The van der Waals surface area contributed by atoms with Gasteiger partial charge in [-0.15, -0.1) is 0 Å². The Balaban J connectivity index is 1.27. The molecule has 6 rings (SSSR count). The first-order valence-electron chi connectivity index (χ1n) is 9.38. The second kappa shape index (κ2) is 4.76. The minimum absolute atomic E-state index is 0.170. The van der Waals surface area contributed by atoms with Gasteiger partial charge in [-0.3, -0.25) is 0 Å². The van der Waals surface area contributed by atoms with Crippen LogP contribution >= 0.6 is 0 Å². The maximum atomic E-state index is 3.94. The summed E-state index contributed by atoms with van der Waals surface area (Å²) in [4.78, 5) is 0. The highest BCUT2D eigenvalue weighted by Gasteiger charge is 2.55. The van der Waals surface area contributed by atoms with Crippen LogP contribution in [0.5, 0.6) is 0 Å². The standard InChI is InChI=1S/C24H21N/c1-2-6-16(7-3-1)17-10-11-24(15-19(24)12-17)25-23-13-18-8-4-5-9-20(18)21-14-22(21)23/h1-13,19,21-22,25H,14-15H2. The largest absolute Gasteiger partial charge is 0.379 e. The second-order valence-corrected chi connectivity index (χ2v) is 7.97.